The molecule has 60 valence electrons. The Balaban J connectivity index is 2.43. The molecule has 0 aliphatic carbocycles. The largest absolute Gasteiger partial charge is 0.254 e. The number of pyridine rings is 1. The van der Waals surface area contributed by atoms with E-state index in [1.807, 2.05) is 12.1 Å². The summed E-state index contributed by atoms with van der Waals surface area (Å²) >= 11 is 7.26. The van der Waals surface area contributed by atoms with Gasteiger partial charge in [-0.25, -0.2) is 0 Å². The molecule has 0 aliphatic heterocycles. The Morgan fingerprint density at radius 3 is 2.75 bits per heavy atom. The second-order valence-corrected chi connectivity index (χ2v) is 3.55. The Kier molecular flexibility index (Phi) is 2.06. The van der Waals surface area contributed by atoms with E-state index in [-0.39, 0.29) is 0 Å². The molecule has 0 aliphatic rings. The van der Waals surface area contributed by atoms with Gasteiger partial charge < -0.3 is 0 Å². The third-order valence-electron chi connectivity index (χ3n) is 1.41. The van der Waals surface area contributed by atoms with Crippen molar-refractivity contribution in [2.24, 2.45) is 0 Å². The highest BCUT2D eigenvalue weighted by Gasteiger charge is 1.99. The topological polar surface area (TPSA) is 25.8 Å². The van der Waals surface area contributed by atoms with Crippen LogP contribution >= 0.6 is 22.9 Å². The molecule has 0 N–H and O–H groups in total. The molecular weight excluding hydrogens is 192 g/mol. The second kappa shape index (κ2) is 3.21. The number of nitrogens with zero attached hydrogens (tertiary/aromatic N) is 2. The summed E-state index contributed by atoms with van der Waals surface area (Å²) in [6.07, 6.45) is 3.43. The van der Waals surface area contributed by atoms with E-state index in [0.29, 0.717) is 5.02 Å². The smallest absolute Gasteiger partial charge is 0.0819 e. The van der Waals surface area contributed by atoms with E-state index in [1.165, 1.54) is 0 Å². The molecule has 0 unspecified atom stereocenters. The van der Waals surface area contributed by atoms with E-state index in [4.69, 9.17) is 11.6 Å². The van der Waals surface area contributed by atoms with Crippen molar-refractivity contribution in [2.75, 3.05) is 0 Å². The Labute approximate surface area is 78.9 Å². The molecule has 2 aromatic rings. The molecule has 0 aromatic carbocycles. The van der Waals surface area contributed by atoms with Crippen LogP contribution in [0.5, 0.6) is 0 Å². The molecular formula is C8H5ClN2S. The van der Waals surface area contributed by atoms with E-state index in [1.54, 1.807) is 29.2 Å². The monoisotopic (exact) mass is 196 g/mol. The van der Waals surface area contributed by atoms with Gasteiger partial charge in [-0.3, -0.25) is 9.97 Å². The Hall–Kier alpha value is -0.930. The van der Waals surface area contributed by atoms with Crippen molar-refractivity contribution >= 4 is 22.9 Å². The van der Waals surface area contributed by atoms with Crippen LogP contribution in [-0.2, 0) is 0 Å². The van der Waals surface area contributed by atoms with Crippen molar-refractivity contribution in [3.63, 3.8) is 0 Å². The van der Waals surface area contributed by atoms with Gasteiger partial charge in [-0.05, 0) is 12.1 Å². The van der Waals surface area contributed by atoms with Gasteiger partial charge in [-0.1, -0.05) is 11.6 Å². The average molecular weight is 197 g/mol. The van der Waals surface area contributed by atoms with Crippen molar-refractivity contribution in [2.45, 2.75) is 0 Å². The number of aromatic nitrogens is 2. The average Bonchev–Trinajstić information content (AvgIpc) is 2.58. The van der Waals surface area contributed by atoms with E-state index in [9.17, 15) is 0 Å². The fraction of sp³-hybridized carbons (Fsp3) is 0. The summed E-state index contributed by atoms with van der Waals surface area (Å²) in [5, 5.41) is 0.656. The van der Waals surface area contributed by atoms with Crippen molar-refractivity contribution in [3.8, 4) is 10.6 Å². The third kappa shape index (κ3) is 1.47. The predicted octanol–water partition coefficient (Wildman–Crippen LogP) is 2.86. The van der Waals surface area contributed by atoms with Crippen LogP contribution in [0.15, 0.2) is 30.0 Å². The van der Waals surface area contributed by atoms with Crippen molar-refractivity contribution in [3.05, 3.63) is 35.1 Å². The van der Waals surface area contributed by atoms with Crippen LogP contribution < -0.4 is 0 Å². The summed E-state index contributed by atoms with van der Waals surface area (Å²) in [5.41, 5.74) is 2.70. The number of hydrogen-bond acceptors (Lipinski definition) is 3. The molecule has 2 aromatic heterocycles. The maximum absolute atomic E-state index is 5.70. The highest BCUT2D eigenvalue weighted by atomic mass is 35.5. The molecule has 12 heavy (non-hydrogen) atoms. The lowest BCUT2D eigenvalue weighted by Gasteiger charge is -1.93. The van der Waals surface area contributed by atoms with Gasteiger partial charge in [0.25, 0.3) is 0 Å². The van der Waals surface area contributed by atoms with Gasteiger partial charge in [-0.2, -0.15) is 0 Å². The first-order chi connectivity index (χ1) is 5.86. The Morgan fingerprint density at radius 2 is 2.17 bits per heavy atom. The quantitative estimate of drug-likeness (QED) is 0.701. The van der Waals surface area contributed by atoms with Crippen LogP contribution in [0.2, 0.25) is 5.02 Å². The van der Waals surface area contributed by atoms with E-state index in [2.05, 4.69) is 9.97 Å². The number of rotatable bonds is 1. The number of thiazole rings is 1. The van der Waals surface area contributed by atoms with Crippen LogP contribution in [0.4, 0.5) is 0 Å². The van der Waals surface area contributed by atoms with Crippen LogP contribution in [0.25, 0.3) is 10.6 Å². The van der Waals surface area contributed by atoms with Crippen molar-refractivity contribution in [1.82, 2.24) is 9.97 Å². The van der Waals surface area contributed by atoms with E-state index in [0.717, 1.165) is 10.6 Å². The zero-order valence-electron chi connectivity index (χ0n) is 6.07. The van der Waals surface area contributed by atoms with Gasteiger partial charge in [0.2, 0.25) is 0 Å². The highest BCUT2D eigenvalue weighted by Crippen LogP contribution is 2.21. The summed E-state index contributed by atoms with van der Waals surface area (Å²) in [6, 6.07) is 3.71. The lowest BCUT2D eigenvalue weighted by atomic mass is 10.3. The molecule has 2 heterocycles. The third-order valence-corrected chi connectivity index (χ3v) is 2.43. The van der Waals surface area contributed by atoms with Crippen LogP contribution in [0.1, 0.15) is 0 Å². The zero-order valence-corrected chi connectivity index (χ0v) is 7.64. The molecule has 2 nitrogen and oxygen atoms in total. The first-order valence-corrected chi connectivity index (χ1v) is 4.62. The lowest BCUT2D eigenvalue weighted by molar-refractivity contribution is 1.33. The number of hydrogen-bond donors (Lipinski definition) is 0. The maximum atomic E-state index is 5.70. The summed E-state index contributed by atoms with van der Waals surface area (Å²) in [7, 11) is 0. The Bertz CT molecular complexity index is 355. The highest BCUT2D eigenvalue weighted by molar-refractivity contribution is 7.13. The molecule has 0 saturated heterocycles. The van der Waals surface area contributed by atoms with Crippen LogP contribution in [-0.4, -0.2) is 9.97 Å². The molecule has 0 radical (unpaired) electrons. The summed E-state index contributed by atoms with van der Waals surface area (Å²) in [6.45, 7) is 0. The van der Waals surface area contributed by atoms with Gasteiger partial charge >= 0.3 is 0 Å². The summed E-state index contributed by atoms with van der Waals surface area (Å²) in [5.74, 6) is 0. The number of halogens is 1. The van der Waals surface area contributed by atoms with Gasteiger partial charge in [-0.15, -0.1) is 11.3 Å². The SMILES string of the molecule is Clc1ccc(-c2cncs2)nc1. The lowest BCUT2D eigenvalue weighted by Crippen LogP contribution is -1.77. The Morgan fingerprint density at radius 1 is 1.25 bits per heavy atom. The molecule has 4 heteroatoms. The first kappa shape index (κ1) is 7.71. The van der Waals surface area contributed by atoms with E-state index >= 15 is 0 Å². The van der Waals surface area contributed by atoms with Crippen LogP contribution in [0, 0.1) is 0 Å². The molecule has 0 fully saturated rings. The minimum Gasteiger partial charge on any atom is -0.254 e. The summed E-state index contributed by atoms with van der Waals surface area (Å²) in [4.78, 5) is 9.19. The molecule has 0 spiro atoms. The molecule has 2 rings (SSSR count). The van der Waals surface area contributed by atoms with Gasteiger partial charge in [0.1, 0.15) is 0 Å². The van der Waals surface area contributed by atoms with E-state index < -0.39 is 0 Å². The fourth-order valence-corrected chi connectivity index (χ4v) is 1.57. The summed E-state index contributed by atoms with van der Waals surface area (Å²) < 4.78 is 0. The second-order valence-electron chi connectivity index (χ2n) is 2.23. The standard InChI is InChI=1S/C8H5ClN2S/c9-6-1-2-7(11-3-6)8-4-10-5-12-8/h1-5H. The zero-order chi connectivity index (χ0) is 8.39. The van der Waals surface area contributed by atoms with Gasteiger partial charge in [0.15, 0.2) is 0 Å². The minimum absolute atomic E-state index is 0.656. The molecule has 0 bridgehead atoms. The van der Waals surface area contributed by atoms with Gasteiger partial charge in [0, 0.05) is 12.4 Å². The van der Waals surface area contributed by atoms with Crippen molar-refractivity contribution < 1.29 is 0 Å². The van der Waals surface area contributed by atoms with Crippen LogP contribution in [0.3, 0.4) is 0 Å². The molecule has 0 amide bonds. The first-order valence-electron chi connectivity index (χ1n) is 3.37. The predicted molar refractivity (Wildman–Crippen MR) is 50.4 cm³/mol. The molecule has 0 atom stereocenters. The fourth-order valence-electron chi connectivity index (χ4n) is 0.864. The van der Waals surface area contributed by atoms with Crippen molar-refractivity contribution in [1.29, 1.82) is 0 Å². The maximum Gasteiger partial charge on any atom is 0.0819 e. The normalized spacial score (nSPS) is 10.1. The molecule has 0 saturated carbocycles. The minimum atomic E-state index is 0.656. The van der Waals surface area contributed by atoms with Gasteiger partial charge in [0.05, 0.1) is 21.1 Å².